The van der Waals surface area contributed by atoms with Crippen molar-refractivity contribution in [1.82, 2.24) is 14.7 Å². The average Bonchev–Trinajstić information content (AvgIpc) is 2.80. The lowest BCUT2D eigenvalue weighted by atomic mass is 10.4. The minimum atomic E-state index is -3.92. The Morgan fingerprint density at radius 1 is 1.41 bits per heavy atom. The van der Waals surface area contributed by atoms with E-state index >= 15 is 0 Å². The molecule has 0 unspecified atom stereocenters. The molecule has 0 saturated carbocycles. The molecule has 2 N–H and O–H groups in total. The van der Waals surface area contributed by atoms with Gasteiger partial charge in [0.15, 0.2) is 5.82 Å². The lowest BCUT2D eigenvalue weighted by molar-refractivity contribution is 0.544. The van der Waals surface area contributed by atoms with Crippen LogP contribution in [0.15, 0.2) is 41.8 Å². The third-order valence-corrected chi connectivity index (χ3v) is 3.44. The molecule has 0 aliphatic heterocycles. The maximum Gasteiger partial charge on any atom is 0.261 e. The average molecular weight is 255 g/mol. The molecule has 0 aliphatic carbocycles. The first-order valence-corrected chi connectivity index (χ1v) is 6.30. The normalized spacial score (nSPS) is 11.6. The van der Waals surface area contributed by atoms with Crippen molar-refractivity contribution < 1.29 is 12.8 Å². The Morgan fingerprint density at radius 3 is 2.88 bits per heavy atom. The molecule has 2 rings (SSSR count). The van der Waals surface area contributed by atoms with Crippen LogP contribution in [0.2, 0.25) is 0 Å². The van der Waals surface area contributed by atoms with E-state index in [0.717, 1.165) is 11.6 Å². The molecule has 7 heteroatoms. The number of rotatable bonds is 4. The molecular formula is C10H10FN3O2S. The van der Waals surface area contributed by atoms with Gasteiger partial charge < -0.3 is 4.98 Å². The second-order valence-electron chi connectivity index (χ2n) is 3.33. The largest absolute Gasteiger partial charge is 0.367 e. The summed E-state index contributed by atoms with van der Waals surface area (Å²) in [5, 5.41) is -0.587. The Balaban J connectivity index is 2.17. The molecule has 0 bridgehead atoms. The van der Waals surface area contributed by atoms with E-state index in [1.807, 2.05) is 0 Å². The molecule has 2 aromatic rings. The van der Waals surface area contributed by atoms with E-state index in [9.17, 15) is 12.8 Å². The van der Waals surface area contributed by atoms with E-state index in [1.54, 1.807) is 18.5 Å². The SMILES string of the molecule is O=S(=O)(NCc1cc[nH]c1)c1ncccc1F. The van der Waals surface area contributed by atoms with Crippen molar-refractivity contribution in [2.24, 2.45) is 0 Å². The van der Waals surface area contributed by atoms with Crippen LogP contribution in [0.3, 0.4) is 0 Å². The number of pyridine rings is 1. The minimum Gasteiger partial charge on any atom is -0.367 e. The highest BCUT2D eigenvalue weighted by Gasteiger charge is 2.19. The Morgan fingerprint density at radius 2 is 2.24 bits per heavy atom. The predicted octanol–water partition coefficient (Wildman–Crippen LogP) is 1.03. The summed E-state index contributed by atoms with van der Waals surface area (Å²) in [6.07, 6.45) is 4.55. The fourth-order valence-corrected chi connectivity index (χ4v) is 2.30. The number of aromatic nitrogens is 2. The monoisotopic (exact) mass is 255 g/mol. The lowest BCUT2D eigenvalue weighted by Gasteiger charge is -2.05. The van der Waals surface area contributed by atoms with Gasteiger partial charge in [-0.05, 0) is 23.8 Å². The van der Waals surface area contributed by atoms with Gasteiger partial charge in [0.25, 0.3) is 10.0 Å². The van der Waals surface area contributed by atoms with E-state index in [0.29, 0.717) is 0 Å². The fourth-order valence-electron chi connectivity index (χ4n) is 1.28. The number of nitrogens with zero attached hydrogens (tertiary/aromatic N) is 1. The number of nitrogens with one attached hydrogen (secondary N) is 2. The molecule has 0 amide bonds. The van der Waals surface area contributed by atoms with E-state index in [4.69, 9.17) is 0 Å². The van der Waals surface area contributed by atoms with Crippen LogP contribution in [-0.4, -0.2) is 18.4 Å². The molecule has 0 saturated heterocycles. The van der Waals surface area contributed by atoms with Crippen LogP contribution in [0.5, 0.6) is 0 Å². The Kier molecular flexibility index (Phi) is 3.21. The molecule has 0 spiro atoms. The molecule has 0 atom stereocenters. The van der Waals surface area contributed by atoms with Crippen molar-refractivity contribution in [1.29, 1.82) is 0 Å². The zero-order chi connectivity index (χ0) is 12.3. The molecular weight excluding hydrogens is 245 g/mol. The van der Waals surface area contributed by atoms with Gasteiger partial charge in [0.1, 0.15) is 0 Å². The van der Waals surface area contributed by atoms with Crippen LogP contribution in [0, 0.1) is 5.82 Å². The first-order valence-electron chi connectivity index (χ1n) is 4.81. The number of H-pyrrole nitrogens is 1. The lowest BCUT2D eigenvalue weighted by Crippen LogP contribution is -2.25. The summed E-state index contributed by atoms with van der Waals surface area (Å²) in [6.45, 7) is 0.0852. The van der Waals surface area contributed by atoms with Gasteiger partial charge in [0, 0.05) is 25.1 Å². The van der Waals surface area contributed by atoms with Crippen molar-refractivity contribution in [3.05, 3.63) is 48.2 Å². The van der Waals surface area contributed by atoms with E-state index in [1.165, 1.54) is 12.3 Å². The van der Waals surface area contributed by atoms with Crippen molar-refractivity contribution in [2.45, 2.75) is 11.6 Å². The zero-order valence-electron chi connectivity index (χ0n) is 8.72. The van der Waals surface area contributed by atoms with Gasteiger partial charge in [0.2, 0.25) is 5.03 Å². The Bertz CT molecular complexity index is 596. The summed E-state index contributed by atoms with van der Waals surface area (Å²) in [6, 6.07) is 4.11. The summed E-state index contributed by atoms with van der Waals surface area (Å²) < 4.78 is 39.0. The molecule has 0 radical (unpaired) electrons. The second-order valence-corrected chi connectivity index (χ2v) is 5.02. The highest BCUT2D eigenvalue weighted by molar-refractivity contribution is 7.89. The summed E-state index contributed by atoms with van der Waals surface area (Å²) in [5.41, 5.74) is 0.755. The molecule has 5 nitrogen and oxygen atoms in total. The second kappa shape index (κ2) is 4.64. The number of halogens is 1. The fraction of sp³-hybridized carbons (Fsp3) is 0.100. The van der Waals surface area contributed by atoms with Gasteiger partial charge in [0.05, 0.1) is 0 Å². The van der Waals surface area contributed by atoms with Crippen LogP contribution in [0.25, 0.3) is 0 Å². The van der Waals surface area contributed by atoms with Gasteiger partial charge in [-0.15, -0.1) is 0 Å². The molecule has 90 valence electrons. The highest BCUT2D eigenvalue weighted by atomic mass is 32.2. The maximum atomic E-state index is 13.3. The molecule has 2 aromatic heterocycles. The van der Waals surface area contributed by atoms with Gasteiger partial charge in [-0.1, -0.05) is 0 Å². The quantitative estimate of drug-likeness (QED) is 0.856. The molecule has 2 heterocycles. The standard InChI is InChI=1S/C10H10FN3O2S/c11-9-2-1-4-13-10(9)17(15,16)14-7-8-3-5-12-6-8/h1-6,12,14H,7H2. The summed E-state index contributed by atoms with van der Waals surface area (Å²) >= 11 is 0. The smallest absolute Gasteiger partial charge is 0.261 e. The number of hydrogen-bond donors (Lipinski definition) is 2. The topological polar surface area (TPSA) is 74.8 Å². The van der Waals surface area contributed by atoms with Gasteiger partial charge in [-0.3, -0.25) is 0 Å². The Hall–Kier alpha value is -1.73. The highest BCUT2D eigenvalue weighted by Crippen LogP contribution is 2.10. The van der Waals surface area contributed by atoms with E-state index < -0.39 is 20.9 Å². The van der Waals surface area contributed by atoms with Crippen molar-refractivity contribution >= 4 is 10.0 Å². The molecule has 0 aliphatic rings. The number of aromatic amines is 1. The summed E-state index contributed by atoms with van der Waals surface area (Å²) in [4.78, 5) is 6.31. The van der Waals surface area contributed by atoms with E-state index in [-0.39, 0.29) is 6.54 Å². The van der Waals surface area contributed by atoms with Crippen LogP contribution in [-0.2, 0) is 16.6 Å². The van der Waals surface area contributed by atoms with Gasteiger partial charge >= 0.3 is 0 Å². The summed E-state index contributed by atoms with van der Waals surface area (Å²) in [7, 11) is -3.92. The Labute approximate surface area is 97.8 Å². The minimum absolute atomic E-state index is 0.0852. The third kappa shape index (κ3) is 2.69. The first-order chi connectivity index (χ1) is 8.09. The summed E-state index contributed by atoms with van der Waals surface area (Å²) in [5.74, 6) is -0.867. The molecule has 0 aromatic carbocycles. The van der Waals surface area contributed by atoms with E-state index in [2.05, 4.69) is 14.7 Å². The first kappa shape index (κ1) is 11.7. The number of sulfonamides is 1. The maximum absolute atomic E-state index is 13.3. The van der Waals surface area contributed by atoms with Gasteiger partial charge in [-0.2, -0.15) is 0 Å². The zero-order valence-corrected chi connectivity index (χ0v) is 9.54. The van der Waals surface area contributed by atoms with Gasteiger partial charge in [-0.25, -0.2) is 22.5 Å². The van der Waals surface area contributed by atoms with Crippen molar-refractivity contribution in [3.8, 4) is 0 Å². The number of hydrogen-bond acceptors (Lipinski definition) is 3. The van der Waals surface area contributed by atoms with Crippen LogP contribution in [0.4, 0.5) is 4.39 Å². The van der Waals surface area contributed by atoms with Crippen molar-refractivity contribution in [3.63, 3.8) is 0 Å². The predicted molar refractivity (Wildman–Crippen MR) is 59.0 cm³/mol. The third-order valence-electron chi connectivity index (χ3n) is 2.11. The van der Waals surface area contributed by atoms with Crippen LogP contribution >= 0.6 is 0 Å². The molecule has 17 heavy (non-hydrogen) atoms. The van der Waals surface area contributed by atoms with Crippen molar-refractivity contribution in [2.75, 3.05) is 0 Å². The van der Waals surface area contributed by atoms with Crippen LogP contribution < -0.4 is 4.72 Å². The van der Waals surface area contributed by atoms with Crippen LogP contribution in [0.1, 0.15) is 5.56 Å². The molecule has 0 fully saturated rings.